The Kier molecular flexibility index (Phi) is 8.92. The van der Waals surface area contributed by atoms with E-state index >= 15 is 0 Å². The van der Waals surface area contributed by atoms with Crippen LogP contribution in [0.15, 0.2) is 60.7 Å². The molecule has 2 amide bonds. The molecule has 0 saturated heterocycles. The van der Waals surface area contributed by atoms with Gasteiger partial charge in [0.15, 0.2) is 0 Å². The average molecular weight is 385 g/mol. The van der Waals surface area contributed by atoms with Crippen molar-refractivity contribution in [1.82, 2.24) is 9.80 Å². The molecule has 27 heavy (non-hydrogen) atoms. The van der Waals surface area contributed by atoms with Crippen LogP contribution in [0.3, 0.4) is 0 Å². The van der Waals surface area contributed by atoms with Crippen molar-refractivity contribution in [3.8, 4) is 0 Å². The van der Waals surface area contributed by atoms with Crippen LogP contribution in [-0.4, -0.2) is 60.3 Å². The predicted molar refractivity (Wildman–Crippen MR) is 113 cm³/mol. The Morgan fingerprint density at radius 3 is 1.44 bits per heavy atom. The lowest BCUT2D eigenvalue weighted by molar-refractivity contribution is -0.127. The van der Waals surface area contributed by atoms with Crippen molar-refractivity contribution in [3.63, 3.8) is 0 Å². The van der Waals surface area contributed by atoms with Crippen molar-refractivity contribution in [3.05, 3.63) is 71.8 Å². The average Bonchev–Trinajstić information content (AvgIpc) is 2.71. The molecule has 0 spiro atoms. The summed E-state index contributed by atoms with van der Waals surface area (Å²) >= 11 is 1.39. The summed E-state index contributed by atoms with van der Waals surface area (Å²) in [6.07, 6.45) is 1.68. The highest BCUT2D eigenvalue weighted by atomic mass is 32.2. The van der Waals surface area contributed by atoms with Crippen LogP contribution in [0, 0.1) is 0 Å². The molecule has 2 aromatic carbocycles. The second kappa shape index (κ2) is 11.4. The molecule has 0 aliphatic rings. The zero-order valence-electron chi connectivity index (χ0n) is 16.1. The van der Waals surface area contributed by atoms with Crippen LogP contribution >= 0.6 is 11.8 Å². The molecule has 0 atom stereocenters. The number of benzene rings is 2. The molecule has 5 heteroatoms. The number of amides is 2. The number of thioether (sulfide) groups is 1. The molecule has 2 aromatic rings. The van der Waals surface area contributed by atoms with Crippen molar-refractivity contribution in [1.29, 1.82) is 0 Å². The Morgan fingerprint density at radius 1 is 0.704 bits per heavy atom. The molecule has 0 heterocycles. The molecular weight excluding hydrogens is 356 g/mol. The third-order valence-electron chi connectivity index (χ3n) is 4.46. The van der Waals surface area contributed by atoms with Gasteiger partial charge in [-0.15, -0.1) is 11.8 Å². The Morgan fingerprint density at radius 2 is 1.07 bits per heavy atom. The molecular formula is C22H28N2O2S. The van der Waals surface area contributed by atoms with Crippen LogP contribution < -0.4 is 0 Å². The van der Waals surface area contributed by atoms with Gasteiger partial charge in [-0.3, -0.25) is 9.59 Å². The summed E-state index contributed by atoms with van der Waals surface area (Å²) in [5.74, 6) is 0.805. The van der Waals surface area contributed by atoms with E-state index in [2.05, 4.69) is 24.3 Å². The van der Waals surface area contributed by atoms with Crippen molar-refractivity contribution in [2.24, 2.45) is 0 Å². The quantitative estimate of drug-likeness (QED) is 0.632. The number of nitrogens with zero attached hydrogens (tertiary/aromatic N) is 2. The lowest BCUT2D eigenvalue weighted by Crippen LogP contribution is -2.32. The highest BCUT2D eigenvalue weighted by Gasteiger charge is 2.12. The summed E-state index contributed by atoms with van der Waals surface area (Å²) in [7, 11) is 3.64. The summed E-state index contributed by atoms with van der Waals surface area (Å²) in [4.78, 5) is 27.9. The number of likely N-dealkylation sites (N-methyl/N-ethyl adjacent to an activating group) is 2. The van der Waals surface area contributed by atoms with E-state index in [-0.39, 0.29) is 11.8 Å². The molecule has 2 rings (SSSR count). The van der Waals surface area contributed by atoms with Crippen LogP contribution in [-0.2, 0) is 22.4 Å². The monoisotopic (exact) mass is 384 g/mol. The first kappa shape index (κ1) is 21.0. The molecule has 144 valence electrons. The Labute approximate surface area is 166 Å². The second-order valence-electron chi connectivity index (χ2n) is 6.59. The Bertz CT molecular complexity index is 645. The van der Waals surface area contributed by atoms with Gasteiger partial charge in [0.1, 0.15) is 0 Å². The van der Waals surface area contributed by atoms with Crippen molar-refractivity contribution in [2.45, 2.75) is 12.8 Å². The van der Waals surface area contributed by atoms with E-state index < -0.39 is 0 Å². The Hall–Kier alpha value is -2.27. The number of rotatable bonds is 10. The summed E-state index contributed by atoms with van der Waals surface area (Å²) in [5, 5.41) is 0. The largest absolute Gasteiger partial charge is 0.345 e. The summed E-state index contributed by atoms with van der Waals surface area (Å²) in [6, 6.07) is 20.3. The minimum absolute atomic E-state index is 0.0654. The standard InChI is InChI=1S/C22H28N2O2S/c1-23(15-13-19-9-5-3-6-10-19)21(25)17-27-18-22(26)24(2)16-14-20-11-7-4-8-12-20/h3-12H,13-18H2,1-2H3. The molecule has 0 saturated carbocycles. The SMILES string of the molecule is CN(CCc1ccccc1)C(=O)CSCC(=O)N(C)CCc1ccccc1. The molecule has 0 fully saturated rings. The third-order valence-corrected chi connectivity index (χ3v) is 5.36. The lowest BCUT2D eigenvalue weighted by atomic mass is 10.1. The van der Waals surface area contributed by atoms with Crippen LogP contribution in [0.25, 0.3) is 0 Å². The first-order chi connectivity index (χ1) is 13.1. The molecule has 0 aliphatic heterocycles. The van der Waals surface area contributed by atoms with E-state index in [9.17, 15) is 9.59 Å². The number of hydrogen-bond donors (Lipinski definition) is 0. The van der Waals surface area contributed by atoms with E-state index in [4.69, 9.17) is 0 Å². The fourth-order valence-corrected chi connectivity index (χ4v) is 3.47. The maximum atomic E-state index is 12.2. The van der Waals surface area contributed by atoms with E-state index in [1.165, 1.54) is 22.9 Å². The Balaban J connectivity index is 1.62. The number of carbonyl (C=O) groups excluding carboxylic acids is 2. The van der Waals surface area contributed by atoms with Crippen LogP contribution in [0.2, 0.25) is 0 Å². The molecule has 0 aromatic heterocycles. The van der Waals surface area contributed by atoms with Crippen LogP contribution in [0.5, 0.6) is 0 Å². The van der Waals surface area contributed by atoms with E-state index in [1.807, 2.05) is 50.5 Å². The van der Waals surface area contributed by atoms with Gasteiger partial charge in [0.05, 0.1) is 11.5 Å². The van der Waals surface area contributed by atoms with Gasteiger partial charge in [-0.05, 0) is 24.0 Å². The van der Waals surface area contributed by atoms with Crippen molar-refractivity contribution in [2.75, 3.05) is 38.7 Å². The van der Waals surface area contributed by atoms with Crippen molar-refractivity contribution < 1.29 is 9.59 Å². The van der Waals surface area contributed by atoms with E-state index in [0.717, 1.165) is 12.8 Å². The maximum Gasteiger partial charge on any atom is 0.232 e. The van der Waals surface area contributed by atoms with Gasteiger partial charge >= 0.3 is 0 Å². The lowest BCUT2D eigenvalue weighted by Gasteiger charge is -2.19. The number of carbonyl (C=O) groups is 2. The molecule has 0 unspecified atom stereocenters. The zero-order chi connectivity index (χ0) is 19.5. The van der Waals surface area contributed by atoms with Gasteiger partial charge in [-0.2, -0.15) is 0 Å². The highest BCUT2D eigenvalue weighted by molar-refractivity contribution is 8.00. The van der Waals surface area contributed by atoms with Gasteiger partial charge in [-0.1, -0.05) is 60.7 Å². The molecule has 4 nitrogen and oxygen atoms in total. The normalized spacial score (nSPS) is 10.4. The minimum atomic E-state index is 0.0654. The highest BCUT2D eigenvalue weighted by Crippen LogP contribution is 2.07. The van der Waals surface area contributed by atoms with Gasteiger partial charge in [0.25, 0.3) is 0 Å². The van der Waals surface area contributed by atoms with Gasteiger partial charge in [0.2, 0.25) is 11.8 Å². The molecule has 0 bridgehead atoms. The summed E-state index contributed by atoms with van der Waals surface area (Å²) in [5.41, 5.74) is 2.44. The first-order valence-corrected chi connectivity index (χ1v) is 10.3. The molecule has 0 radical (unpaired) electrons. The van der Waals surface area contributed by atoms with Gasteiger partial charge < -0.3 is 9.80 Å². The number of hydrogen-bond acceptors (Lipinski definition) is 3. The van der Waals surface area contributed by atoms with Crippen molar-refractivity contribution >= 4 is 23.6 Å². The first-order valence-electron chi connectivity index (χ1n) is 9.20. The summed E-state index contributed by atoms with van der Waals surface area (Å²) < 4.78 is 0. The predicted octanol–water partition coefficient (Wildman–Crippen LogP) is 3.12. The maximum absolute atomic E-state index is 12.2. The topological polar surface area (TPSA) is 40.6 Å². The third kappa shape index (κ3) is 7.87. The molecule has 0 N–H and O–H groups in total. The molecule has 0 aliphatic carbocycles. The van der Waals surface area contributed by atoms with Gasteiger partial charge in [-0.25, -0.2) is 0 Å². The van der Waals surface area contributed by atoms with E-state index in [0.29, 0.717) is 24.6 Å². The smallest absolute Gasteiger partial charge is 0.232 e. The van der Waals surface area contributed by atoms with Gasteiger partial charge in [0, 0.05) is 27.2 Å². The zero-order valence-corrected chi connectivity index (χ0v) is 17.0. The minimum Gasteiger partial charge on any atom is -0.345 e. The summed E-state index contributed by atoms with van der Waals surface area (Å²) in [6.45, 7) is 1.38. The van der Waals surface area contributed by atoms with E-state index in [1.54, 1.807) is 9.80 Å². The fourth-order valence-electron chi connectivity index (χ4n) is 2.58. The second-order valence-corrected chi connectivity index (χ2v) is 7.58. The van der Waals surface area contributed by atoms with Crippen LogP contribution in [0.4, 0.5) is 0 Å². The van der Waals surface area contributed by atoms with Crippen LogP contribution in [0.1, 0.15) is 11.1 Å². The fraction of sp³-hybridized carbons (Fsp3) is 0.364.